The summed E-state index contributed by atoms with van der Waals surface area (Å²) in [6.07, 6.45) is 3.14. The Kier molecular flexibility index (Phi) is 10.5. The molecule has 2 atom stereocenters. The van der Waals surface area contributed by atoms with Crippen LogP contribution in [0.25, 0.3) is 0 Å². The fourth-order valence-electron chi connectivity index (χ4n) is 4.46. The van der Waals surface area contributed by atoms with Crippen LogP contribution in [0.1, 0.15) is 36.5 Å². The first-order valence-electron chi connectivity index (χ1n) is 11.1. The van der Waals surface area contributed by atoms with Gasteiger partial charge in [-0.1, -0.05) is 24.3 Å². The van der Waals surface area contributed by atoms with E-state index in [4.69, 9.17) is 4.74 Å². The second-order valence-corrected chi connectivity index (χ2v) is 8.42. The maximum absolute atomic E-state index is 12.4. The second-order valence-electron chi connectivity index (χ2n) is 8.42. The molecule has 3 rings (SSSR count). The number of nitrogens with one attached hydrogen (secondary N) is 1. The van der Waals surface area contributed by atoms with Gasteiger partial charge in [0, 0.05) is 40.8 Å². The van der Waals surface area contributed by atoms with Crippen LogP contribution in [0, 0.1) is 6.92 Å². The lowest BCUT2D eigenvalue weighted by Crippen LogP contribution is -2.49. The van der Waals surface area contributed by atoms with E-state index < -0.39 is 0 Å². The summed E-state index contributed by atoms with van der Waals surface area (Å²) >= 11 is 0. The van der Waals surface area contributed by atoms with Crippen LogP contribution in [-0.4, -0.2) is 93.1 Å². The van der Waals surface area contributed by atoms with Crippen molar-refractivity contribution in [2.75, 3.05) is 60.5 Å². The quantitative estimate of drug-likeness (QED) is 0.259. The standard InChI is InChI=1S/C23H37N5O2.HI/c1-18-9-5-6-10-19(18)21-17-28(15-16-30-21)23(24-2)25-12-8-14-27-13-7-11-20(27)22(29)26(3)4;/h5-6,9-10,20-21H,7-8,11-17H2,1-4H3,(H,24,25);1H. The molecule has 1 amide bonds. The first-order chi connectivity index (χ1) is 14.5. The second kappa shape index (κ2) is 12.6. The van der Waals surface area contributed by atoms with Crippen LogP contribution < -0.4 is 5.32 Å². The number of likely N-dealkylation sites (N-methyl/N-ethyl adjacent to an activating group) is 1. The Bertz CT molecular complexity index is 742. The summed E-state index contributed by atoms with van der Waals surface area (Å²) in [5, 5.41) is 3.51. The van der Waals surface area contributed by atoms with Gasteiger partial charge in [-0.25, -0.2) is 0 Å². The zero-order valence-electron chi connectivity index (χ0n) is 19.3. The molecule has 0 aliphatic carbocycles. The number of amides is 1. The highest BCUT2D eigenvalue weighted by Crippen LogP contribution is 2.25. The minimum absolute atomic E-state index is 0. The molecule has 2 aliphatic rings. The lowest BCUT2D eigenvalue weighted by molar-refractivity contribution is -0.133. The number of aliphatic imine (C=N–C) groups is 1. The van der Waals surface area contributed by atoms with E-state index in [1.165, 1.54) is 11.1 Å². The van der Waals surface area contributed by atoms with Crippen molar-refractivity contribution in [3.8, 4) is 0 Å². The van der Waals surface area contributed by atoms with E-state index in [9.17, 15) is 4.79 Å². The van der Waals surface area contributed by atoms with Crippen LogP contribution in [-0.2, 0) is 9.53 Å². The van der Waals surface area contributed by atoms with E-state index in [0.717, 1.165) is 57.9 Å². The van der Waals surface area contributed by atoms with Gasteiger partial charge in [0.05, 0.1) is 19.2 Å². The molecule has 8 heteroatoms. The van der Waals surface area contributed by atoms with E-state index in [2.05, 4.69) is 51.3 Å². The fraction of sp³-hybridized carbons (Fsp3) is 0.652. The Hall–Kier alpha value is -1.39. The molecule has 0 spiro atoms. The highest BCUT2D eigenvalue weighted by atomic mass is 127. The summed E-state index contributed by atoms with van der Waals surface area (Å²) in [6, 6.07) is 8.48. The number of morpholine rings is 1. The molecule has 2 heterocycles. The number of ether oxygens (including phenoxy) is 1. The number of aryl methyl sites for hydroxylation is 1. The van der Waals surface area contributed by atoms with Crippen molar-refractivity contribution in [1.29, 1.82) is 0 Å². The summed E-state index contributed by atoms with van der Waals surface area (Å²) in [5.74, 6) is 1.16. The zero-order valence-corrected chi connectivity index (χ0v) is 21.7. The third kappa shape index (κ3) is 6.79. The van der Waals surface area contributed by atoms with E-state index in [1.54, 1.807) is 4.90 Å². The molecule has 0 radical (unpaired) electrons. The number of hydrogen-bond donors (Lipinski definition) is 1. The SMILES string of the molecule is CN=C(NCCCN1CCCC1C(=O)N(C)C)N1CCOC(c2ccccc2C)C1.I. The van der Waals surface area contributed by atoms with Gasteiger partial charge < -0.3 is 19.9 Å². The van der Waals surface area contributed by atoms with Crippen LogP contribution in [0.15, 0.2) is 29.3 Å². The van der Waals surface area contributed by atoms with E-state index in [1.807, 2.05) is 21.1 Å². The molecule has 2 unspecified atom stereocenters. The number of nitrogens with zero attached hydrogens (tertiary/aromatic N) is 4. The highest BCUT2D eigenvalue weighted by Gasteiger charge is 2.31. The van der Waals surface area contributed by atoms with Gasteiger partial charge in [0.1, 0.15) is 6.10 Å². The Balaban J connectivity index is 0.00000341. The number of hydrogen-bond acceptors (Lipinski definition) is 4. The van der Waals surface area contributed by atoms with Gasteiger partial charge in [-0.3, -0.25) is 14.7 Å². The number of guanidine groups is 1. The zero-order chi connectivity index (χ0) is 21.5. The number of likely N-dealkylation sites (tertiary alicyclic amines) is 1. The Morgan fingerprint density at radius 3 is 2.77 bits per heavy atom. The smallest absolute Gasteiger partial charge is 0.239 e. The Morgan fingerprint density at radius 2 is 2.06 bits per heavy atom. The molecule has 2 aliphatic heterocycles. The van der Waals surface area contributed by atoms with Crippen LogP contribution in [0.2, 0.25) is 0 Å². The molecule has 31 heavy (non-hydrogen) atoms. The topological polar surface area (TPSA) is 60.4 Å². The predicted octanol–water partition coefficient (Wildman–Crippen LogP) is 2.50. The Labute approximate surface area is 204 Å². The lowest BCUT2D eigenvalue weighted by atomic mass is 10.0. The maximum Gasteiger partial charge on any atom is 0.239 e. The number of carbonyl (C=O) groups excluding carboxylic acids is 1. The summed E-state index contributed by atoms with van der Waals surface area (Å²) in [4.78, 5) is 23.2. The minimum Gasteiger partial charge on any atom is -0.370 e. The minimum atomic E-state index is 0. The van der Waals surface area contributed by atoms with Gasteiger partial charge >= 0.3 is 0 Å². The van der Waals surface area contributed by atoms with Crippen LogP contribution in [0.5, 0.6) is 0 Å². The molecule has 0 bridgehead atoms. The van der Waals surface area contributed by atoms with Crippen LogP contribution >= 0.6 is 24.0 Å². The van der Waals surface area contributed by atoms with Crippen LogP contribution in [0.4, 0.5) is 0 Å². The summed E-state index contributed by atoms with van der Waals surface area (Å²) in [5.41, 5.74) is 2.52. The molecule has 174 valence electrons. The van der Waals surface area contributed by atoms with Gasteiger partial charge in [-0.15, -0.1) is 24.0 Å². The normalized spacial score (nSPS) is 22.2. The number of benzene rings is 1. The third-order valence-electron chi connectivity index (χ3n) is 6.11. The van der Waals surface area contributed by atoms with E-state index in [0.29, 0.717) is 6.61 Å². The van der Waals surface area contributed by atoms with Crippen LogP contribution in [0.3, 0.4) is 0 Å². The number of carbonyl (C=O) groups is 1. The first kappa shape index (κ1) is 25.9. The van der Waals surface area contributed by atoms with Gasteiger partial charge in [0.2, 0.25) is 5.91 Å². The number of halogens is 1. The summed E-state index contributed by atoms with van der Waals surface area (Å²) in [7, 11) is 5.53. The molecule has 2 fully saturated rings. The first-order valence-corrected chi connectivity index (χ1v) is 11.1. The molecule has 1 aromatic carbocycles. The summed E-state index contributed by atoms with van der Waals surface area (Å²) in [6.45, 7) is 7.27. The average Bonchev–Trinajstić information content (AvgIpc) is 3.22. The predicted molar refractivity (Wildman–Crippen MR) is 136 cm³/mol. The van der Waals surface area contributed by atoms with Crippen molar-refractivity contribution < 1.29 is 9.53 Å². The Morgan fingerprint density at radius 1 is 1.29 bits per heavy atom. The summed E-state index contributed by atoms with van der Waals surface area (Å²) < 4.78 is 6.05. The van der Waals surface area contributed by atoms with Gasteiger partial charge in [0.15, 0.2) is 5.96 Å². The molecular weight excluding hydrogens is 505 g/mol. The molecule has 2 saturated heterocycles. The van der Waals surface area contributed by atoms with Gasteiger partial charge in [-0.2, -0.15) is 0 Å². The van der Waals surface area contributed by atoms with Crippen molar-refractivity contribution >= 4 is 35.8 Å². The number of rotatable bonds is 6. The molecule has 1 N–H and O–H groups in total. The van der Waals surface area contributed by atoms with Crippen molar-refractivity contribution in [2.24, 2.45) is 4.99 Å². The van der Waals surface area contributed by atoms with Gasteiger partial charge in [0.25, 0.3) is 0 Å². The molecule has 0 aromatic heterocycles. The van der Waals surface area contributed by atoms with Crippen molar-refractivity contribution in [3.05, 3.63) is 35.4 Å². The third-order valence-corrected chi connectivity index (χ3v) is 6.11. The molecule has 7 nitrogen and oxygen atoms in total. The molecule has 0 saturated carbocycles. The van der Waals surface area contributed by atoms with E-state index >= 15 is 0 Å². The monoisotopic (exact) mass is 543 g/mol. The average molecular weight is 543 g/mol. The molecular formula is C23H38IN5O2. The van der Waals surface area contributed by atoms with Crippen molar-refractivity contribution in [2.45, 2.75) is 38.3 Å². The van der Waals surface area contributed by atoms with Crippen molar-refractivity contribution in [1.82, 2.24) is 20.0 Å². The maximum atomic E-state index is 12.4. The van der Waals surface area contributed by atoms with E-state index in [-0.39, 0.29) is 42.0 Å². The molecule has 1 aromatic rings. The van der Waals surface area contributed by atoms with Crippen molar-refractivity contribution in [3.63, 3.8) is 0 Å². The fourth-order valence-corrected chi connectivity index (χ4v) is 4.46. The largest absolute Gasteiger partial charge is 0.370 e. The highest BCUT2D eigenvalue weighted by molar-refractivity contribution is 14.0. The van der Waals surface area contributed by atoms with Gasteiger partial charge in [-0.05, 0) is 43.9 Å². The lowest BCUT2D eigenvalue weighted by Gasteiger charge is -2.36.